The van der Waals surface area contributed by atoms with Gasteiger partial charge in [-0.3, -0.25) is 32.9 Å². The van der Waals surface area contributed by atoms with Gasteiger partial charge in [0.05, 0.1) is 33.9 Å². The Kier molecular flexibility index (Phi) is 16.7. The number of carbonyl (C=O) groups is 3. The van der Waals surface area contributed by atoms with Crippen molar-refractivity contribution in [2.45, 2.75) is 92.7 Å². The number of pyridine rings is 1. The second kappa shape index (κ2) is 21.6. The van der Waals surface area contributed by atoms with E-state index in [2.05, 4.69) is 32.3 Å². The number of aliphatic hydroxyl groups is 1. The first-order valence-corrected chi connectivity index (χ1v) is 30.6. The Morgan fingerprint density at radius 2 is 1.51 bits per heavy atom. The average molecular weight is 1270 g/mol. The van der Waals surface area contributed by atoms with Gasteiger partial charge in [0.2, 0.25) is 15.9 Å². The molecule has 0 saturated heterocycles. The second-order valence-corrected chi connectivity index (χ2v) is 28.4. The summed E-state index contributed by atoms with van der Waals surface area (Å²) in [6.07, 6.45) is -13.1. The zero-order chi connectivity index (χ0) is 61.6. The third-order valence-electron chi connectivity index (χ3n) is 13.1. The fourth-order valence-corrected chi connectivity index (χ4v) is 12.5. The summed E-state index contributed by atoms with van der Waals surface area (Å²) in [6.45, 7) is -2.23. The van der Waals surface area contributed by atoms with Gasteiger partial charge in [0.25, 0.3) is 11.0 Å². The molecule has 1 unspecified atom stereocenters. The molecule has 0 spiro atoms. The Morgan fingerprint density at radius 1 is 0.915 bits per heavy atom. The van der Waals surface area contributed by atoms with E-state index in [0.29, 0.717) is 6.07 Å². The molecule has 1 saturated carbocycles. The number of sulfone groups is 1. The molecule has 3 atom stereocenters. The van der Waals surface area contributed by atoms with Crippen LogP contribution in [-0.4, -0.2) is 119 Å². The van der Waals surface area contributed by atoms with Crippen LogP contribution < -0.4 is 14.9 Å². The zero-order valence-electron chi connectivity index (χ0n) is 42.2. The third-order valence-corrected chi connectivity index (χ3v) is 20.3. The molecule has 1 fully saturated rings. The number of halogens is 11. The maximum atomic E-state index is 15.6. The Labute approximate surface area is 461 Å². The minimum atomic E-state index is -6.03. The lowest BCUT2D eigenvalue weighted by Crippen LogP contribution is -2.46. The third kappa shape index (κ3) is 12.7. The minimum absolute atomic E-state index is 0.0448. The van der Waals surface area contributed by atoms with E-state index in [1.807, 2.05) is 0 Å². The number of fused-ring (bicyclic) bond motifs is 4. The molecule has 2 aliphatic rings. The van der Waals surface area contributed by atoms with Crippen LogP contribution in [0.2, 0.25) is 5.02 Å². The Morgan fingerprint density at radius 3 is 2.06 bits per heavy atom. The number of hydrogen-bond donors (Lipinski definition) is 7. The van der Waals surface area contributed by atoms with Crippen molar-refractivity contribution in [2.75, 3.05) is 23.4 Å². The van der Waals surface area contributed by atoms with Gasteiger partial charge in [-0.2, -0.15) is 49.6 Å². The number of nitrogens with one attached hydrogen (secondary N) is 2. The maximum Gasteiger partial charge on any atom is 0.435 e. The lowest BCUT2D eigenvalue weighted by atomic mass is 9.93. The van der Waals surface area contributed by atoms with Crippen LogP contribution >= 0.6 is 26.8 Å². The number of carbonyl (C=O) groups excluding carboxylic acids is 3. The van der Waals surface area contributed by atoms with Gasteiger partial charge in [0, 0.05) is 47.9 Å². The van der Waals surface area contributed by atoms with Crippen molar-refractivity contribution in [2.24, 2.45) is 5.92 Å². The van der Waals surface area contributed by atoms with Gasteiger partial charge in [0.1, 0.15) is 40.9 Å². The number of aromatic nitrogens is 5. The zero-order valence-corrected chi connectivity index (χ0v) is 46.4. The number of hydrogen-bond acceptors (Lipinski definition) is 13. The van der Waals surface area contributed by atoms with Crippen molar-refractivity contribution >= 4 is 81.1 Å². The smallest absolute Gasteiger partial charge is 0.368 e. The van der Waals surface area contributed by atoms with Crippen LogP contribution in [0.15, 0.2) is 42.5 Å². The van der Waals surface area contributed by atoms with Crippen molar-refractivity contribution in [3.8, 4) is 23.0 Å². The number of alkyl halides is 8. The molecule has 7 N–H and O–H groups in total. The topological polar surface area (TPSA) is 331 Å². The fourth-order valence-electron chi connectivity index (χ4n) is 8.96. The predicted octanol–water partition coefficient (Wildman–Crippen LogP) is 5.48. The highest BCUT2D eigenvalue weighted by Crippen LogP contribution is 2.70. The molecule has 5 aromatic rings. The van der Waals surface area contributed by atoms with E-state index in [4.69, 9.17) is 11.6 Å². The molecule has 37 heteroatoms. The van der Waals surface area contributed by atoms with Crippen LogP contribution in [0.4, 0.5) is 49.7 Å². The average Bonchev–Trinajstić information content (AvgIpc) is 1.99. The van der Waals surface area contributed by atoms with Crippen LogP contribution in [0.1, 0.15) is 79.0 Å². The molecule has 22 nitrogen and oxygen atoms in total. The standard InChI is InChI=1S/C45H43ClF10N8O14P2S2/c1-41(2,81(3,75)76)12-10-24-6-7-25(34(58-24)30(16-21-14-22(47)17-23(48)15-21)59-31(65)19-62-37-32(36(60-62)45(54,55)56)27-18-28(27)44(37,52)53)26-8-9-29(46)33-35(26)63(20-42(49,50)51)61-38(33)64(82(4,77)78)40(67)39(66)57-13-5-11-43(68,79(69,70)71)80(72,73)74/h6-9,14-15,17,27-28,30,68H,5,11,13,16,18-20H2,1-4H3,(H,57,66)(H,59,65)(H2,69,70,71)(H2,72,73,74)/t27-,28?,30-/m0/s1. The normalized spacial score (nSPS) is 16.9. The number of amides is 3. The van der Waals surface area contributed by atoms with Gasteiger partial charge in [-0.25, -0.2) is 30.6 Å². The van der Waals surface area contributed by atoms with Gasteiger partial charge in [-0.15, -0.1) is 0 Å². The monoisotopic (exact) mass is 1270 g/mol. The largest absolute Gasteiger partial charge is 0.435 e. The molecule has 2 aromatic carbocycles. The van der Waals surface area contributed by atoms with Crippen molar-refractivity contribution in [3.63, 3.8) is 0 Å². The molecule has 3 heterocycles. The van der Waals surface area contributed by atoms with Crippen molar-refractivity contribution in [3.05, 3.63) is 93.0 Å². The fraction of sp³-hybridized carbons (Fsp3) is 0.422. The van der Waals surface area contributed by atoms with Gasteiger partial charge in [-0.1, -0.05) is 23.6 Å². The van der Waals surface area contributed by atoms with Crippen LogP contribution in [0.3, 0.4) is 0 Å². The lowest BCUT2D eigenvalue weighted by molar-refractivity contribution is -0.143. The molecule has 3 aromatic heterocycles. The van der Waals surface area contributed by atoms with Crippen LogP contribution in [0.25, 0.3) is 22.0 Å². The lowest BCUT2D eigenvalue weighted by Gasteiger charge is -2.29. The van der Waals surface area contributed by atoms with Gasteiger partial charge in [0.15, 0.2) is 21.3 Å². The minimum Gasteiger partial charge on any atom is -0.368 e. The number of rotatable bonds is 17. The van der Waals surface area contributed by atoms with Gasteiger partial charge >= 0.3 is 39.4 Å². The van der Waals surface area contributed by atoms with Crippen LogP contribution in [-0.2, 0) is 75.0 Å². The highest BCUT2D eigenvalue weighted by molar-refractivity contribution is 7.93. The SMILES string of the molecule is CC(C)(C#Cc1ccc(-c2ccc(Cl)c3c(N(C(=O)C(=O)NCCCC(O)(P(=O)(O)O)P(=O)(O)O)S(C)(=O)=O)nn(CC(F)(F)F)c23)c([C@H](Cc2cc(F)cc(F)c2)NC(=O)Cn2nc(C(F)(F)F)c3c2C(F)(F)C2C[C@H]32)n1)S(C)(=O)=O. The highest BCUT2D eigenvalue weighted by Gasteiger charge is 2.68. The van der Waals surface area contributed by atoms with E-state index < -0.39 is 215 Å². The first-order valence-electron chi connectivity index (χ1n) is 23.3. The number of anilines is 1. The summed E-state index contributed by atoms with van der Waals surface area (Å²) in [5.74, 6) is -11.1. The van der Waals surface area contributed by atoms with E-state index in [-0.39, 0.29) is 27.6 Å². The Bertz CT molecular complexity index is 3840. The van der Waals surface area contributed by atoms with E-state index in [9.17, 15) is 100 Å². The van der Waals surface area contributed by atoms with Crippen LogP contribution in [0, 0.1) is 29.4 Å². The molecule has 82 heavy (non-hydrogen) atoms. The Hall–Kier alpha value is -6.01. The molecule has 0 radical (unpaired) electrons. The molecule has 0 aliphatic heterocycles. The van der Waals surface area contributed by atoms with E-state index in [0.717, 1.165) is 42.7 Å². The van der Waals surface area contributed by atoms with Crippen molar-refractivity contribution in [1.29, 1.82) is 0 Å². The summed E-state index contributed by atoms with van der Waals surface area (Å²) >= 11 is 6.57. The summed E-state index contributed by atoms with van der Waals surface area (Å²) in [5, 5.41) is 15.8. The quantitative estimate of drug-likeness (QED) is 0.0199. The summed E-state index contributed by atoms with van der Waals surface area (Å²) in [4.78, 5) is 83.6. The predicted molar refractivity (Wildman–Crippen MR) is 266 cm³/mol. The first kappa shape index (κ1) is 63.6. The maximum absolute atomic E-state index is 15.6. The molecular formula is C45H43ClF10N8O14P2S2. The van der Waals surface area contributed by atoms with Crippen LogP contribution in [0.5, 0.6) is 0 Å². The molecule has 446 valence electrons. The van der Waals surface area contributed by atoms with Gasteiger partial charge in [-0.05, 0) is 80.8 Å². The number of nitrogens with zero attached hydrogens (tertiary/aromatic N) is 6. The number of benzene rings is 2. The molecule has 3 amide bonds. The van der Waals surface area contributed by atoms with E-state index in [1.54, 1.807) is 5.32 Å². The van der Waals surface area contributed by atoms with Gasteiger partial charge < -0.3 is 35.3 Å². The summed E-state index contributed by atoms with van der Waals surface area (Å²) in [7, 11) is -21.3. The summed E-state index contributed by atoms with van der Waals surface area (Å²) in [6, 6.07) is 3.84. The molecule has 0 bridgehead atoms. The summed E-state index contributed by atoms with van der Waals surface area (Å²) < 4.78 is 222. The highest BCUT2D eigenvalue weighted by atomic mass is 35.5. The number of sulfonamides is 1. The second-order valence-electron chi connectivity index (χ2n) is 19.6. The van der Waals surface area contributed by atoms with Crippen molar-refractivity contribution < 1.29 is 109 Å². The Balaban J connectivity index is 1.42. The van der Waals surface area contributed by atoms with Crippen molar-refractivity contribution in [1.82, 2.24) is 35.2 Å². The van der Waals surface area contributed by atoms with E-state index >= 15 is 8.78 Å². The summed E-state index contributed by atoms with van der Waals surface area (Å²) in [5.41, 5.74) is -7.05. The first-order chi connectivity index (χ1) is 37.3. The molecule has 7 rings (SSSR count). The molecular weight excluding hydrogens is 1230 g/mol. The molecule has 2 aliphatic carbocycles. The van der Waals surface area contributed by atoms with E-state index in [1.165, 1.54) is 13.8 Å².